The molecule has 2 fully saturated rings. The minimum atomic E-state index is -3.92. The fourth-order valence-electron chi connectivity index (χ4n) is 6.95. The fraction of sp³-hybridized carbons (Fsp3) is 0.269. The predicted octanol–water partition coefficient (Wildman–Crippen LogP) is 3.66. The molecule has 0 spiro atoms. The monoisotopic (exact) mass is 518 g/mol. The summed E-state index contributed by atoms with van der Waals surface area (Å²) in [5.74, 6) is -0.954. The van der Waals surface area contributed by atoms with E-state index in [9.17, 15) is 17.2 Å². The van der Waals surface area contributed by atoms with Crippen LogP contribution in [0.3, 0.4) is 0 Å². The van der Waals surface area contributed by atoms with Crippen LogP contribution >= 0.6 is 0 Å². The number of primary sulfonamides is 1. The third kappa shape index (κ3) is 2.73. The van der Waals surface area contributed by atoms with Crippen molar-refractivity contribution in [1.29, 1.82) is 0 Å². The van der Waals surface area contributed by atoms with E-state index in [4.69, 9.17) is 10.1 Å². The van der Waals surface area contributed by atoms with E-state index in [1.165, 1.54) is 30.5 Å². The zero-order valence-electron chi connectivity index (χ0n) is 19.6. The summed E-state index contributed by atoms with van der Waals surface area (Å²) in [6.45, 7) is 2.22. The maximum Gasteiger partial charge on any atom is 0.255 e. The summed E-state index contributed by atoms with van der Waals surface area (Å²) >= 11 is 0. The molecule has 3 aliphatic rings. The molecule has 2 saturated carbocycles. The number of halogens is 2. The molecular formula is C26H20F2N6O2S. The molecule has 4 aromatic rings. The summed E-state index contributed by atoms with van der Waals surface area (Å²) in [6.07, 6.45) is 5.69. The van der Waals surface area contributed by atoms with E-state index in [-0.39, 0.29) is 27.1 Å². The molecule has 0 amide bonds. The number of aromatic nitrogens is 5. The van der Waals surface area contributed by atoms with Crippen LogP contribution in [0.25, 0.3) is 22.6 Å². The number of pyridine rings is 1. The SMILES string of the molecule is CC12CC13CC[C@]2(c1ccnc(-c2ccc(S(N)(=O)=O)nc2)n1)c1nnc(-c2c(F)cccc2F)cc13. The molecule has 2 N–H and O–H groups in total. The molecule has 37 heavy (non-hydrogen) atoms. The van der Waals surface area contributed by atoms with Crippen LogP contribution in [0.4, 0.5) is 8.78 Å². The Bertz CT molecular complexity index is 1720. The molecule has 2 bridgehead atoms. The van der Waals surface area contributed by atoms with Crippen LogP contribution in [-0.4, -0.2) is 33.6 Å². The summed E-state index contributed by atoms with van der Waals surface area (Å²) < 4.78 is 52.2. The molecule has 186 valence electrons. The molecule has 0 radical (unpaired) electrons. The first-order chi connectivity index (χ1) is 17.6. The van der Waals surface area contributed by atoms with Gasteiger partial charge in [0.15, 0.2) is 10.9 Å². The molecule has 2 unspecified atom stereocenters. The quantitative estimate of drug-likeness (QED) is 0.437. The van der Waals surface area contributed by atoms with Crippen molar-refractivity contribution >= 4 is 10.0 Å². The highest BCUT2D eigenvalue weighted by molar-refractivity contribution is 7.89. The van der Waals surface area contributed by atoms with Crippen molar-refractivity contribution in [1.82, 2.24) is 25.1 Å². The number of sulfonamides is 1. The Hall–Kier alpha value is -3.70. The van der Waals surface area contributed by atoms with Crippen molar-refractivity contribution in [3.8, 4) is 22.6 Å². The van der Waals surface area contributed by atoms with Gasteiger partial charge in [-0.25, -0.2) is 37.3 Å². The second kappa shape index (κ2) is 6.99. The second-order valence-electron chi connectivity index (χ2n) is 10.3. The lowest BCUT2D eigenvalue weighted by Gasteiger charge is -2.35. The second-order valence-corrected chi connectivity index (χ2v) is 11.8. The van der Waals surface area contributed by atoms with Crippen molar-refractivity contribution in [2.75, 3.05) is 0 Å². The third-order valence-corrected chi connectivity index (χ3v) is 9.59. The molecule has 11 heteroatoms. The van der Waals surface area contributed by atoms with Gasteiger partial charge in [0.2, 0.25) is 0 Å². The summed E-state index contributed by atoms with van der Waals surface area (Å²) in [5, 5.41) is 13.8. The first kappa shape index (κ1) is 22.5. The normalized spacial score (nSPS) is 27.1. The predicted molar refractivity (Wildman–Crippen MR) is 128 cm³/mol. The topological polar surface area (TPSA) is 125 Å². The lowest BCUT2D eigenvalue weighted by atomic mass is 9.69. The van der Waals surface area contributed by atoms with Crippen molar-refractivity contribution in [2.45, 2.75) is 42.0 Å². The van der Waals surface area contributed by atoms with Crippen LogP contribution in [0.15, 0.2) is 59.9 Å². The van der Waals surface area contributed by atoms with E-state index in [2.05, 4.69) is 27.1 Å². The van der Waals surface area contributed by atoms with Crippen molar-refractivity contribution in [3.05, 3.63) is 83.4 Å². The molecule has 3 atom stereocenters. The van der Waals surface area contributed by atoms with Crippen LogP contribution in [0.1, 0.15) is 43.1 Å². The Labute approximate surface area is 211 Å². The Balaban J connectivity index is 1.36. The number of benzene rings is 1. The van der Waals surface area contributed by atoms with Gasteiger partial charge in [-0.1, -0.05) is 13.0 Å². The maximum absolute atomic E-state index is 14.5. The number of hydrogen-bond donors (Lipinski definition) is 1. The summed E-state index contributed by atoms with van der Waals surface area (Å²) in [4.78, 5) is 13.2. The lowest BCUT2D eigenvalue weighted by Crippen LogP contribution is -2.35. The molecular weight excluding hydrogens is 498 g/mol. The highest BCUT2D eigenvalue weighted by Gasteiger charge is 2.84. The molecule has 8 nitrogen and oxygen atoms in total. The molecule has 0 aliphatic heterocycles. The van der Waals surface area contributed by atoms with Crippen LogP contribution < -0.4 is 5.14 Å². The molecule has 3 aromatic heterocycles. The Kier molecular flexibility index (Phi) is 4.25. The standard InChI is InChI=1S/C26H20F2N6O2S/c1-24-13-25(24)8-9-26(24,22-15(25)11-18(33-34-22)21-16(27)3-2-4-17(21)28)19-7-10-30-23(32-19)14-5-6-20(31-12-14)37(29,35)36/h2-7,10-12H,8-9,13H2,1H3,(H2,29,35,36)/t24?,25?,26-/m0/s1. The van der Waals surface area contributed by atoms with Crippen molar-refractivity contribution in [2.24, 2.45) is 10.6 Å². The highest BCUT2D eigenvalue weighted by Crippen LogP contribution is 2.86. The third-order valence-electron chi connectivity index (χ3n) is 8.77. The van der Waals surface area contributed by atoms with Gasteiger partial charge in [-0.3, -0.25) is 0 Å². The first-order valence-electron chi connectivity index (χ1n) is 11.8. The average Bonchev–Trinajstić information content (AvgIpc) is 3.35. The molecule has 3 heterocycles. The van der Waals surface area contributed by atoms with Gasteiger partial charge in [-0.05, 0) is 66.6 Å². The largest absolute Gasteiger partial charge is 0.255 e. The molecule has 7 rings (SSSR count). The molecule has 1 aromatic carbocycles. The van der Waals surface area contributed by atoms with Gasteiger partial charge in [0, 0.05) is 23.4 Å². The van der Waals surface area contributed by atoms with Gasteiger partial charge >= 0.3 is 0 Å². The first-order valence-corrected chi connectivity index (χ1v) is 13.3. The number of rotatable bonds is 4. The number of nitrogens with zero attached hydrogens (tertiary/aromatic N) is 5. The van der Waals surface area contributed by atoms with Crippen molar-refractivity contribution < 1.29 is 17.2 Å². The van der Waals surface area contributed by atoms with E-state index < -0.39 is 27.1 Å². The van der Waals surface area contributed by atoms with E-state index in [0.29, 0.717) is 11.4 Å². The number of fused-ring (bicyclic) bond motifs is 2. The minimum absolute atomic E-state index is 0.140. The summed E-state index contributed by atoms with van der Waals surface area (Å²) in [5.41, 5.74) is 2.29. The van der Waals surface area contributed by atoms with Gasteiger partial charge in [-0.2, -0.15) is 5.10 Å². The molecule has 3 aliphatic carbocycles. The van der Waals surface area contributed by atoms with E-state index in [1.54, 1.807) is 18.3 Å². The van der Waals surface area contributed by atoms with Gasteiger partial charge in [0.1, 0.15) is 11.6 Å². The van der Waals surface area contributed by atoms with E-state index >= 15 is 0 Å². The Morgan fingerprint density at radius 3 is 2.46 bits per heavy atom. The zero-order chi connectivity index (χ0) is 25.8. The fourth-order valence-corrected chi connectivity index (χ4v) is 7.41. The van der Waals surface area contributed by atoms with E-state index in [1.807, 2.05) is 6.07 Å². The average molecular weight is 519 g/mol. The summed E-state index contributed by atoms with van der Waals surface area (Å²) in [6, 6.07) is 10.3. The van der Waals surface area contributed by atoms with Gasteiger partial charge in [-0.15, -0.1) is 5.10 Å². The Morgan fingerprint density at radius 2 is 1.78 bits per heavy atom. The van der Waals surface area contributed by atoms with Gasteiger partial charge < -0.3 is 0 Å². The molecule has 0 saturated heterocycles. The van der Waals surface area contributed by atoms with E-state index in [0.717, 1.165) is 36.2 Å². The van der Waals surface area contributed by atoms with Gasteiger partial charge in [0.25, 0.3) is 10.0 Å². The Morgan fingerprint density at radius 1 is 1.00 bits per heavy atom. The number of nitrogens with two attached hydrogens (primary N) is 1. The van der Waals surface area contributed by atoms with Crippen LogP contribution in [0.5, 0.6) is 0 Å². The smallest absolute Gasteiger partial charge is 0.243 e. The zero-order valence-corrected chi connectivity index (χ0v) is 20.4. The highest BCUT2D eigenvalue weighted by atomic mass is 32.2. The van der Waals surface area contributed by atoms with Gasteiger partial charge in [0.05, 0.1) is 28.1 Å². The maximum atomic E-state index is 14.5. The summed E-state index contributed by atoms with van der Waals surface area (Å²) in [7, 11) is -3.92. The van der Waals surface area contributed by atoms with Crippen molar-refractivity contribution in [3.63, 3.8) is 0 Å². The van der Waals surface area contributed by atoms with Crippen LogP contribution in [0, 0.1) is 17.0 Å². The van der Waals surface area contributed by atoms with Crippen LogP contribution in [0.2, 0.25) is 0 Å². The number of hydrogen-bond acceptors (Lipinski definition) is 7. The van der Waals surface area contributed by atoms with Crippen LogP contribution in [-0.2, 0) is 20.9 Å². The minimum Gasteiger partial charge on any atom is -0.243 e. The lowest BCUT2D eigenvalue weighted by molar-refractivity contribution is 0.334.